The molecule has 0 atom stereocenters. The lowest BCUT2D eigenvalue weighted by molar-refractivity contribution is -0.143. The Morgan fingerprint density at radius 1 is 1.60 bits per heavy atom. The standard InChI is InChI=1S/C7H15NO2/c1-3-7(9)10-6-4-5-8-2/h8H,3-6H2,1-2H3. The molecule has 0 saturated carbocycles. The van der Waals surface area contributed by atoms with Crippen molar-refractivity contribution in [3.05, 3.63) is 0 Å². The summed E-state index contributed by atoms with van der Waals surface area (Å²) in [6, 6.07) is 0. The zero-order valence-electron chi connectivity index (χ0n) is 6.64. The van der Waals surface area contributed by atoms with Gasteiger partial charge in [0.15, 0.2) is 0 Å². The highest BCUT2D eigenvalue weighted by Crippen LogP contribution is 1.85. The lowest BCUT2D eigenvalue weighted by Gasteiger charge is -2.01. The van der Waals surface area contributed by atoms with Crippen LogP contribution in [0.1, 0.15) is 19.8 Å². The molecule has 0 radical (unpaired) electrons. The molecular weight excluding hydrogens is 130 g/mol. The summed E-state index contributed by atoms with van der Waals surface area (Å²) in [5.74, 6) is -0.115. The van der Waals surface area contributed by atoms with Gasteiger partial charge in [0, 0.05) is 6.42 Å². The van der Waals surface area contributed by atoms with E-state index in [2.05, 4.69) is 5.32 Å². The van der Waals surface area contributed by atoms with Gasteiger partial charge in [-0.25, -0.2) is 0 Å². The van der Waals surface area contributed by atoms with E-state index in [4.69, 9.17) is 4.74 Å². The molecule has 10 heavy (non-hydrogen) atoms. The number of esters is 1. The predicted molar refractivity (Wildman–Crippen MR) is 39.8 cm³/mol. The highest BCUT2D eigenvalue weighted by atomic mass is 16.5. The van der Waals surface area contributed by atoms with Crippen LogP contribution in [0.2, 0.25) is 0 Å². The molecule has 0 aliphatic carbocycles. The third-order valence-electron chi connectivity index (χ3n) is 1.12. The Morgan fingerprint density at radius 3 is 2.80 bits per heavy atom. The Morgan fingerprint density at radius 2 is 2.30 bits per heavy atom. The molecule has 0 aromatic carbocycles. The van der Waals surface area contributed by atoms with Gasteiger partial charge in [0.05, 0.1) is 6.61 Å². The van der Waals surface area contributed by atoms with Gasteiger partial charge >= 0.3 is 5.97 Å². The molecule has 0 saturated heterocycles. The summed E-state index contributed by atoms with van der Waals surface area (Å²) >= 11 is 0. The number of carbonyl (C=O) groups excluding carboxylic acids is 1. The zero-order chi connectivity index (χ0) is 7.82. The average molecular weight is 145 g/mol. The highest BCUT2D eigenvalue weighted by molar-refractivity contribution is 5.68. The molecule has 0 spiro atoms. The molecule has 0 aliphatic rings. The van der Waals surface area contributed by atoms with Gasteiger partial charge in [-0.1, -0.05) is 6.92 Å². The molecule has 0 fully saturated rings. The molecule has 3 heteroatoms. The van der Waals surface area contributed by atoms with Gasteiger partial charge in [-0.2, -0.15) is 0 Å². The molecule has 1 N–H and O–H groups in total. The van der Waals surface area contributed by atoms with Gasteiger partial charge in [-0.05, 0) is 20.0 Å². The average Bonchev–Trinajstić information content (AvgIpc) is 1.98. The minimum atomic E-state index is -0.115. The fourth-order valence-corrected chi connectivity index (χ4v) is 0.537. The predicted octanol–water partition coefficient (Wildman–Crippen LogP) is 0.549. The van der Waals surface area contributed by atoms with Crippen molar-refractivity contribution in [3.63, 3.8) is 0 Å². The molecule has 0 unspecified atom stereocenters. The number of rotatable bonds is 5. The van der Waals surface area contributed by atoms with Crippen LogP contribution in [-0.2, 0) is 9.53 Å². The van der Waals surface area contributed by atoms with Gasteiger partial charge in [0.1, 0.15) is 0 Å². The number of hydrogen-bond acceptors (Lipinski definition) is 3. The van der Waals surface area contributed by atoms with Crippen LogP contribution in [0.25, 0.3) is 0 Å². The quantitative estimate of drug-likeness (QED) is 0.453. The highest BCUT2D eigenvalue weighted by Gasteiger charge is 1.95. The van der Waals surface area contributed by atoms with Crippen molar-refractivity contribution in [2.75, 3.05) is 20.2 Å². The van der Waals surface area contributed by atoms with Gasteiger partial charge in [-0.3, -0.25) is 4.79 Å². The lowest BCUT2D eigenvalue weighted by Crippen LogP contribution is -2.12. The van der Waals surface area contributed by atoms with E-state index in [1.807, 2.05) is 7.05 Å². The summed E-state index contributed by atoms with van der Waals surface area (Å²) in [7, 11) is 1.88. The summed E-state index contributed by atoms with van der Waals surface area (Å²) < 4.78 is 4.81. The summed E-state index contributed by atoms with van der Waals surface area (Å²) in [4.78, 5) is 10.5. The molecule has 60 valence electrons. The van der Waals surface area contributed by atoms with E-state index in [1.165, 1.54) is 0 Å². The van der Waals surface area contributed by atoms with Gasteiger partial charge in [-0.15, -0.1) is 0 Å². The zero-order valence-corrected chi connectivity index (χ0v) is 6.64. The van der Waals surface area contributed by atoms with E-state index in [9.17, 15) is 4.79 Å². The Balaban J connectivity index is 2.96. The van der Waals surface area contributed by atoms with Crippen LogP contribution in [0.15, 0.2) is 0 Å². The van der Waals surface area contributed by atoms with Crippen molar-refractivity contribution in [1.29, 1.82) is 0 Å². The number of carbonyl (C=O) groups is 1. The monoisotopic (exact) mass is 145 g/mol. The van der Waals surface area contributed by atoms with Crippen LogP contribution < -0.4 is 5.32 Å². The van der Waals surface area contributed by atoms with Crippen LogP contribution in [0, 0.1) is 0 Å². The smallest absolute Gasteiger partial charge is 0.305 e. The van der Waals surface area contributed by atoms with E-state index in [-0.39, 0.29) is 5.97 Å². The molecule has 0 aromatic heterocycles. The molecular formula is C7H15NO2. The van der Waals surface area contributed by atoms with Crippen LogP contribution in [0.4, 0.5) is 0 Å². The largest absolute Gasteiger partial charge is 0.466 e. The SMILES string of the molecule is CCC(=O)OCCCNC. The molecule has 0 heterocycles. The fourth-order valence-electron chi connectivity index (χ4n) is 0.537. The Hall–Kier alpha value is -0.570. The first-order valence-electron chi connectivity index (χ1n) is 3.61. The molecule has 0 aromatic rings. The van der Waals surface area contributed by atoms with E-state index in [0.29, 0.717) is 13.0 Å². The van der Waals surface area contributed by atoms with Gasteiger partial charge in [0.25, 0.3) is 0 Å². The van der Waals surface area contributed by atoms with E-state index in [0.717, 1.165) is 13.0 Å². The maximum absolute atomic E-state index is 10.5. The Bertz CT molecular complexity index is 93.6. The van der Waals surface area contributed by atoms with Crippen molar-refractivity contribution in [2.24, 2.45) is 0 Å². The van der Waals surface area contributed by atoms with Gasteiger partial charge in [0.2, 0.25) is 0 Å². The second kappa shape index (κ2) is 6.55. The van der Waals surface area contributed by atoms with Crippen molar-refractivity contribution >= 4 is 5.97 Å². The molecule has 0 aliphatic heterocycles. The maximum Gasteiger partial charge on any atom is 0.305 e. The minimum Gasteiger partial charge on any atom is -0.466 e. The third kappa shape index (κ3) is 5.56. The number of hydrogen-bond donors (Lipinski definition) is 1. The van der Waals surface area contributed by atoms with Gasteiger partial charge < -0.3 is 10.1 Å². The summed E-state index contributed by atoms with van der Waals surface area (Å²) in [5.41, 5.74) is 0. The van der Waals surface area contributed by atoms with Crippen LogP contribution >= 0.6 is 0 Å². The first kappa shape index (κ1) is 9.43. The topological polar surface area (TPSA) is 38.3 Å². The van der Waals surface area contributed by atoms with E-state index >= 15 is 0 Å². The number of ether oxygens (including phenoxy) is 1. The van der Waals surface area contributed by atoms with E-state index < -0.39 is 0 Å². The first-order valence-corrected chi connectivity index (χ1v) is 3.61. The molecule has 0 rings (SSSR count). The number of nitrogens with one attached hydrogen (secondary N) is 1. The first-order chi connectivity index (χ1) is 4.81. The van der Waals surface area contributed by atoms with Crippen LogP contribution in [0.5, 0.6) is 0 Å². The summed E-state index contributed by atoms with van der Waals surface area (Å²) in [5, 5.41) is 2.97. The Kier molecular flexibility index (Phi) is 6.18. The fraction of sp³-hybridized carbons (Fsp3) is 0.857. The van der Waals surface area contributed by atoms with E-state index in [1.54, 1.807) is 6.92 Å². The van der Waals surface area contributed by atoms with Crippen LogP contribution in [0.3, 0.4) is 0 Å². The molecule has 0 bridgehead atoms. The van der Waals surface area contributed by atoms with Crippen molar-refractivity contribution in [1.82, 2.24) is 5.32 Å². The normalized spacial score (nSPS) is 9.40. The lowest BCUT2D eigenvalue weighted by atomic mass is 10.4. The van der Waals surface area contributed by atoms with Crippen molar-refractivity contribution < 1.29 is 9.53 Å². The summed E-state index contributed by atoms with van der Waals surface area (Å²) in [6.45, 7) is 3.23. The molecule has 0 amide bonds. The second-order valence-corrected chi connectivity index (χ2v) is 2.03. The summed E-state index contributed by atoms with van der Waals surface area (Å²) in [6.07, 6.45) is 1.36. The third-order valence-corrected chi connectivity index (χ3v) is 1.12. The Labute approximate surface area is 61.8 Å². The second-order valence-electron chi connectivity index (χ2n) is 2.03. The van der Waals surface area contributed by atoms with Crippen molar-refractivity contribution in [2.45, 2.75) is 19.8 Å². The maximum atomic E-state index is 10.5. The van der Waals surface area contributed by atoms with Crippen molar-refractivity contribution in [3.8, 4) is 0 Å². The molecule has 3 nitrogen and oxygen atoms in total. The minimum absolute atomic E-state index is 0.115. The van der Waals surface area contributed by atoms with Crippen LogP contribution in [-0.4, -0.2) is 26.2 Å².